The highest BCUT2D eigenvalue weighted by atomic mass is 15.4. The van der Waals surface area contributed by atoms with Crippen LogP contribution in [-0.2, 0) is 0 Å². The molecule has 20 heavy (non-hydrogen) atoms. The number of likely N-dealkylation sites (tertiary alicyclic amines) is 1. The SMILES string of the molecule is C[N+](C)(CCN1CC[C@@H](N)C1)[C@@H]1C[C@H]1c1ccccc1. The van der Waals surface area contributed by atoms with Crippen molar-refractivity contribution in [1.29, 1.82) is 0 Å². The molecule has 1 saturated carbocycles. The Bertz CT molecular complexity index is 443. The van der Waals surface area contributed by atoms with E-state index in [1.807, 2.05) is 0 Å². The Labute approximate surface area is 123 Å². The van der Waals surface area contributed by atoms with Crippen molar-refractivity contribution in [2.45, 2.75) is 30.8 Å². The molecule has 2 N–H and O–H groups in total. The van der Waals surface area contributed by atoms with E-state index in [9.17, 15) is 0 Å². The fourth-order valence-electron chi connectivity index (χ4n) is 3.64. The lowest BCUT2D eigenvalue weighted by molar-refractivity contribution is -0.901. The third kappa shape index (κ3) is 3.05. The van der Waals surface area contributed by atoms with Crippen LogP contribution in [0.2, 0.25) is 0 Å². The number of hydrogen-bond acceptors (Lipinski definition) is 2. The number of benzene rings is 1. The van der Waals surface area contributed by atoms with Gasteiger partial charge in [-0.2, -0.15) is 0 Å². The topological polar surface area (TPSA) is 29.3 Å². The zero-order valence-electron chi connectivity index (χ0n) is 12.8. The average molecular weight is 274 g/mol. The molecule has 0 bridgehead atoms. The van der Waals surface area contributed by atoms with E-state index in [1.54, 1.807) is 0 Å². The summed E-state index contributed by atoms with van der Waals surface area (Å²) in [6, 6.07) is 12.2. The molecule has 2 aliphatic rings. The molecule has 1 aromatic rings. The smallest absolute Gasteiger partial charge is 0.0966 e. The number of likely N-dealkylation sites (N-methyl/N-ethyl adjacent to an activating group) is 1. The zero-order chi connectivity index (χ0) is 14.2. The first kappa shape index (κ1) is 14.1. The fourth-order valence-corrected chi connectivity index (χ4v) is 3.64. The van der Waals surface area contributed by atoms with Crippen LogP contribution in [-0.4, -0.2) is 61.7 Å². The molecule has 1 aliphatic carbocycles. The van der Waals surface area contributed by atoms with Crippen LogP contribution in [0.5, 0.6) is 0 Å². The molecular weight excluding hydrogens is 246 g/mol. The second-order valence-corrected chi connectivity index (χ2v) is 7.17. The summed E-state index contributed by atoms with van der Waals surface area (Å²) in [5, 5.41) is 0. The summed E-state index contributed by atoms with van der Waals surface area (Å²) in [4.78, 5) is 2.53. The first-order valence-corrected chi connectivity index (χ1v) is 7.92. The van der Waals surface area contributed by atoms with Gasteiger partial charge in [0.15, 0.2) is 0 Å². The Morgan fingerprint density at radius 3 is 2.65 bits per heavy atom. The van der Waals surface area contributed by atoms with E-state index in [1.165, 1.54) is 38.0 Å². The minimum absolute atomic E-state index is 0.406. The van der Waals surface area contributed by atoms with E-state index in [-0.39, 0.29) is 0 Å². The molecule has 0 amide bonds. The Morgan fingerprint density at radius 1 is 1.25 bits per heavy atom. The van der Waals surface area contributed by atoms with Gasteiger partial charge in [-0.05, 0) is 18.5 Å². The summed E-state index contributed by atoms with van der Waals surface area (Å²) in [6.45, 7) is 4.71. The predicted octanol–water partition coefficient (Wildman–Crippen LogP) is 1.65. The molecule has 3 atom stereocenters. The summed E-state index contributed by atoms with van der Waals surface area (Å²) in [7, 11) is 4.78. The van der Waals surface area contributed by atoms with Crippen LogP contribution in [0.25, 0.3) is 0 Å². The molecule has 0 aromatic heterocycles. The number of nitrogens with zero attached hydrogens (tertiary/aromatic N) is 2. The van der Waals surface area contributed by atoms with Crippen molar-refractivity contribution in [3.8, 4) is 0 Å². The Morgan fingerprint density at radius 2 is 2.00 bits per heavy atom. The van der Waals surface area contributed by atoms with Crippen molar-refractivity contribution < 1.29 is 4.48 Å². The van der Waals surface area contributed by atoms with Crippen molar-refractivity contribution in [1.82, 2.24) is 4.90 Å². The molecule has 0 spiro atoms. The van der Waals surface area contributed by atoms with E-state index >= 15 is 0 Å². The van der Waals surface area contributed by atoms with E-state index in [0.29, 0.717) is 6.04 Å². The van der Waals surface area contributed by atoms with Gasteiger partial charge in [-0.1, -0.05) is 30.3 Å². The molecular formula is C17H28N3+. The van der Waals surface area contributed by atoms with E-state index in [4.69, 9.17) is 5.73 Å². The van der Waals surface area contributed by atoms with Gasteiger partial charge >= 0.3 is 0 Å². The van der Waals surface area contributed by atoms with Crippen molar-refractivity contribution in [3.63, 3.8) is 0 Å². The highest BCUT2D eigenvalue weighted by Crippen LogP contribution is 2.46. The third-order valence-electron chi connectivity index (χ3n) is 5.18. The van der Waals surface area contributed by atoms with Crippen LogP contribution in [0.3, 0.4) is 0 Å². The van der Waals surface area contributed by atoms with Gasteiger partial charge in [-0.15, -0.1) is 0 Å². The van der Waals surface area contributed by atoms with Crippen LogP contribution in [0.4, 0.5) is 0 Å². The van der Waals surface area contributed by atoms with Crippen molar-refractivity contribution in [2.24, 2.45) is 5.73 Å². The Hall–Kier alpha value is -0.900. The standard InChI is InChI=1S/C17H28N3/c1-20(2,11-10-19-9-8-15(18)13-19)17-12-16(17)14-6-4-3-5-7-14/h3-7,15-17H,8-13,18H2,1-2H3/q+1/t15-,16+,17-/m1/s1. The monoisotopic (exact) mass is 274 g/mol. The summed E-state index contributed by atoms with van der Waals surface area (Å²) < 4.78 is 1.14. The minimum atomic E-state index is 0.406. The van der Waals surface area contributed by atoms with Gasteiger partial charge in [-0.25, -0.2) is 0 Å². The lowest BCUT2D eigenvalue weighted by atomic mass is 10.1. The van der Waals surface area contributed by atoms with E-state index in [2.05, 4.69) is 49.3 Å². The van der Waals surface area contributed by atoms with Crippen LogP contribution in [0.1, 0.15) is 24.3 Å². The second kappa shape index (κ2) is 5.47. The maximum absolute atomic E-state index is 5.99. The molecule has 0 radical (unpaired) electrons. The van der Waals surface area contributed by atoms with Crippen LogP contribution in [0, 0.1) is 0 Å². The quantitative estimate of drug-likeness (QED) is 0.827. The summed E-state index contributed by atoms with van der Waals surface area (Å²) in [6.07, 6.45) is 2.51. The average Bonchev–Trinajstić information content (AvgIpc) is 3.16. The van der Waals surface area contributed by atoms with Crippen LogP contribution < -0.4 is 5.73 Å². The lowest BCUT2D eigenvalue weighted by Crippen LogP contribution is -2.47. The van der Waals surface area contributed by atoms with Crippen molar-refractivity contribution in [3.05, 3.63) is 35.9 Å². The van der Waals surface area contributed by atoms with Crippen LogP contribution >= 0.6 is 0 Å². The van der Waals surface area contributed by atoms with Gasteiger partial charge in [0.05, 0.1) is 26.7 Å². The van der Waals surface area contributed by atoms with Crippen LogP contribution in [0.15, 0.2) is 30.3 Å². The summed E-state index contributed by atoms with van der Waals surface area (Å²) >= 11 is 0. The maximum Gasteiger partial charge on any atom is 0.0966 e. The highest BCUT2D eigenvalue weighted by Gasteiger charge is 2.49. The summed E-state index contributed by atoms with van der Waals surface area (Å²) in [5.74, 6) is 0.770. The number of quaternary nitrogens is 1. The largest absolute Gasteiger partial charge is 0.326 e. The highest BCUT2D eigenvalue weighted by molar-refractivity contribution is 5.26. The van der Waals surface area contributed by atoms with Gasteiger partial charge in [0.1, 0.15) is 0 Å². The third-order valence-corrected chi connectivity index (χ3v) is 5.18. The molecule has 3 rings (SSSR count). The van der Waals surface area contributed by atoms with Crippen molar-refractivity contribution in [2.75, 3.05) is 40.3 Å². The molecule has 3 nitrogen and oxygen atoms in total. The molecule has 1 aliphatic heterocycles. The molecule has 2 fully saturated rings. The predicted molar refractivity (Wildman–Crippen MR) is 83.6 cm³/mol. The molecule has 1 saturated heterocycles. The van der Waals surface area contributed by atoms with Gasteiger partial charge in [0.2, 0.25) is 0 Å². The zero-order valence-corrected chi connectivity index (χ0v) is 12.8. The Kier molecular flexibility index (Phi) is 3.85. The van der Waals surface area contributed by atoms with Gasteiger partial charge in [-0.3, -0.25) is 4.90 Å². The molecule has 1 heterocycles. The van der Waals surface area contributed by atoms with Crippen molar-refractivity contribution >= 4 is 0 Å². The molecule has 3 heteroatoms. The minimum Gasteiger partial charge on any atom is -0.326 e. The number of nitrogens with two attached hydrogens (primary N) is 1. The van der Waals surface area contributed by atoms with Gasteiger partial charge < -0.3 is 10.2 Å². The van der Waals surface area contributed by atoms with E-state index < -0.39 is 0 Å². The molecule has 110 valence electrons. The Balaban J connectivity index is 1.52. The summed E-state index contributed by atoms with van der Waals surface area (Å²) in [5.41, 5.74) is 7.51. The van der Waals surface area contributed by atoms with E-state index in [0.717, 1.165) is 23.0 Å². The lowest BCUT2D eigenvalue weighted by Gasteiger charge is -2.32. The van der Waals surface area contributed by atoms with Gasteiger partial charge in [0.25, 0.3) is 0 Å². The maximum atomic E-state index is 5.99. The number of hydrogen-bond donors (Lipinski definition) is 1. The second-order valence-electron chi connectivity index (χ2n) is 7.17. The first-order valence-electron chi connectivity index (χ1n) is 7.92. The molecule has 1 aromatic carbocycles. The molecule has 0 unspecified atom stereocenters. The fraction of sp³-hybridized carbons (Fsp3) is 0.647. The normalized spacial score (nSPS) is 30.6. The first-order chi connectivity index (χ1) is 9.56. The number of rotatable bonds is 5. The van der Waals surface area contributed by atoms with Gasteiger partial charge in [0, 0.05) is 31.5 Å².